The fraction of sp³-hybridized carbons (Fsp3) is 0.480. The van der Waals surface area contributed by atoms with E-state index < -0.39 is 23.8 Å². The van der Waals surface area contributed by atoms with Crippen LogP contribution in [0.5, 0.6) is 0 Å². The Labute approximate surface area is 206 Å². The summed E-state index contributed by atoms with van der Waals surface area (Å²) in [5.74, 6) is -0.0996. The van der Waals surface area contributed by atoms with Gasteiger partial charge in [0.05, 0.1) is 36.2 Å². The van der Waals surface area contributed by atoms with E-state index in [1.165, 1.54) is 16.7 Å². The Morgan fingerprint density at radius 3 is 2.44 bits per heavy atom. The Morgan fingerprint density at radius 2 is 1.81 bits per heavy atom. The Kier molecular flexibility index (Phi) is 6.60. The molecule has 2 aromatic heterocycles. The number of aryl methyl sites for hydroxylation is 2. The molecule has 0 aliphatic carbocycles. The summed E-state index contributed by atoms with van der Waals surface area (Å²) < 4.78 is 48.1. The molecule has 1 N–H and O–H groups in total. The number of aromatic nitrogens is 3. The zero-order chi connectivity index (χ0) is 25.6. The summed E-state index contributed by atoms with van der Waals surface area (Å²) in [6.45, 7) is 7.97. The molecule has 8 nitrogen and oxygen atoms in total. The number of nitrogens with zero attached hydrogens (tertiary/aromatic N) is 5. The minimum absolute atomic E-state index is 0.110. The van der Waals surface area contributed by atoms with Crippen molar-refractivity contribution in [3.05, 3.63) is 57.4 Å². The van der Waals surface area contributed by atoms with E-state index in [2.05, 4.69) is 25.1 Å². The van der Waals surface area contributed by atoms with Crippen LogP contribution in [0.1, 0.15) is 36.3 Å². The van der Waals surface area contributed by atoms with Crippen molar-refractivity contribution in [1.82, 2.24) is 19.4 Å². The van der Waals surface area contributed by atoms with E-state index in [9.17, 15) is 18.0 Å². The van der Waals surface area contributed by atoms with Crippen molar-refractivity contribution >= 4 is 22.5 Å². The number of benzene rings is 1. The highest BCUT2D eigenvalue weighted by atomic mass is 19.3. The standard InChI is InChI=1S/C25H29F3N6O2/c1-14(17-5-4-6-18(21(17)26)22(27)28)29-23-19-11-20(25(35)32(3)24(19)31-15(2)30-23)34-9-7-33(8-10-34)16-12-36-13-16/h4-6,11,14,16,22H,7-10,12-13H2,1-3H3,(H,29,30,31)/t14-/m1/s1. The van der Waals surface area contributed by atoms with Gasteiger partial charge in [-0.1, -0.05) is 18.2 Å². The number of pyridine rings is 1. The highest BCUT2D eigenvalue weighted by molar-refractivity contribution is 5.89. The number of piperazine rings is 1. The molecule has 1 aromatic carbocycles. The van der Waals surface area contributed by atoms with Crippen molar-refractivity contribution in [2.45, 2.75) is 32.4 Å². The lowest BCUT2D eigenvalue weighted by atomic mass is 10.0. The molecule has 192 valence electrons. The maximum absolute atomic E-state index is 14.8. The molecule has 4 heterocycles. The van der Waals surface area contributed by atoms with Gasteiger partial charge in [-0.15, -0.1) is 0 Å². The Bertz CT molecular complexity index is 1340. The molecular weight excluding hydrogens is 473 g/mol. The molecular formula is C25H29F3N6O2. The molecule has 2 fully saturated rings. The molecule has 2 aliphatic rings. The number of hydrogen-bond acceptors (Lipinski definition) is 7. The van der Waals surface area contributed by atoms with E-state index in [-0.39, 0.29) is 11.1 Å². The van der Waals surface area contributed by atoms with Gasteiger partial charge in [0.15, 0.2) is 0 Å². The van der Waals surface area contributed by atoms with Crippen LogP contribution in [-0.4, -0.2) is 64.9 Å². The zero-order valence-electron chi connectivity index (χ0n) is 20.5. The number of alkyl halides is 2. The van der Waals surface area contributed by atoms with Crippen molar-refractivity contribution in [3.63, 3.8) is 0 Å². The topological polar surface area (TPSA) is 75.5 Å². The molecule has 0 amide bonds. The lowest BCUT2D eigenvalue weighted by molar-refractivity contribution is -0.0660. The summed E-state index contributed by atoms with van der Waals surface area (Å²) in [4.78, 5) is 26.7. The van der Waals surface area contributed by atoms with Gasteiger partial charge in [0.1, 0.15) is 28.8 Å². The van der Waals surface area contributed by atoms with Crippen LogP contribution in [-0.2, 0) is 11.8 Å². The third kappa shape index (κ3) is 4.41. The third-order valence-corrected chi connectivity index (χ3v) is 7.06. The van der Waals surface area contributed by atoms with E-state index in [0.717, 1.165) is 32.4 Å². The molecule has 36 heavy (non-hydrogen) atoms. The minimum Gasteiger partial charge on any atom is -0.378 e. The summed E-state index contributed by atoms with van der Waals surface area (Å²) in [6, 6.07) is 5.54. The van der Waals surface area contributed by atoms with Gasteiger partial charge in [0, 0.05) is 38.8 Å². The molecule has 2 aliphatic heterocycles. The van der Waals surface area contributed by atoms with Gasteiger partial charge < -0.3 is 15.0 Å². The normalized spacial score (nSPS) is 18.0. The number of halogens is 3. The average Bonchev–Trinajstić information content (AvgIpc) is 2.81. The number of hydrogen-bond donors (Lipinski definition) is 1. The molecule has 0 unspecified atom stereocenters. The molecule has 0 spiro atoms. The summed E-state index contributed by atoms with van der Waals surface area (Å²) in [6.07, 6.45) is -2.91. The van der Waals surface area contributed by atoms with Gasteiger partial charge in [-0.25, -0.2) is 23.1 Å². The molecule has 5 rings (SSSR count). The molecule has 11 heteroatoms. The third-order valence-electron chi connectivity index (χ3n) is 7.06. The monoisotopic (exact) mass is 502 g/mol. The van der Waals surface area contributed by atoms with E-state index in [1.807, 2.05) is 0 Å². The van der Waals surface area contributed by atoms with Crippen molar-refractivity contribution in [3.8, 4) is 0 Å². The zero-order valence-corrected chi connectivity index (χ0v) is 20.5. The van der Waals surface area contributed by atoms with Gasteiger partial charge in [-0.2, -0.15) is 0 Å². The molecule has 0 bridgehead atoms. The predicted octanol–water partition coefficient (Wildman–Crippen LogP) is 3.41. The lowest BCUT2D eigenvalue weighted by Gasteiger charge is -2.43. The average molecular weight is 503 g/mol. The van der Waals surface area contributed by atoms with E-state index in [0.29, 0.717) is 47.5 Å². The van der Waals surface area contributed by atoms with Crippen LogP contribution in [0.4, 0.5) is 24.7 Å². The first-order valence-corrected chi connectivity index (χ1v) is 12.0. The van der Waals surface area contributed by atoms with Gasteiger partial charge >= 0.3 is 0 Å². The fourth-order valence-electron chi connectivity index (χ4n) is 4.87. The first kappa shape index (κ1) is 24.5. The number of nitrogens with one attached hydrogen (secondary N) is 1. The highest BCUT2D eigenvalue weighted by Crippen LogP contribution is 2.31. The maximum atomic E-state index is 14.8. The smallest absolute Gasteiger partial charge is 0.275 e. The fourth-order valence-corrected chi connectivity index (χ4v) is 4.87. The van der Waals surface area contributed by atoms with Gasteiger partial charge in [0.25, 0.3) is 12.0 Å². The van der Waals surface area contributed by atoms with E-state index in [1.54, 1.807) is 27.0 Å². The first-order valence-electron chi connectivity index (χ1n) is 12.0. The largest absolute Gasteiger partial charge is 0.378 e. The molecule has 2 saturated heterocycles. The van der Waals surface area contributed by atoms with Crippen LogP contribution >= 0.6 is 0 Å². The van der Waals surface area contributed by atoms with Crippen LogP contribution in [0.15, 0.2) is 29.1 Å². The summed E-state index contributed by atoms with van der Waals surface area (Å²) in [5, 5.41) is 3.77. The van der Waals surface area contributed by atoms with Crippen molar-refractivity contribution in [2.75, 3.05) is 49.6 Å². The molecule has 0 saturated carbocycles. The van der Waals surface area contributed by atoms with Crippen LogP contribution in [0, 0.1) is 12.7 Å². The Balaban J connectivity index is 1.49. The van der Waals surface area contributed by atoms with Crippen molar-refractivity contribution < 1.29 is 17.9 Å². The first-order chi connectivity index (χ1) is 17.2. The van der Waals surface area contributed by atoms with Crippen molar-refractivity contribution in [2.24, 2.45) is 7.05 Å². The number of ether oxygens (including phenoxy) is 1. The van der Waals surface area contributed by atoms with Crippen LogP contribution in [0.25, 0.3) is 11.0 Å². The summed E-state index contributed by atoms with van der Waals surface area (Å²) >= 11 is 0. The second-order valence-corrected chi connectivity index (χ2v) is 9.38. The Morgan fingerprint density at radius 1 is 1.11 bits per heavy atom. The van der Waals surface area contributed by atoms with Crippen molar-refractivity contribution in [1.29, 1.82) is 0 Å². The number of anilines is 2. The van der Waals surface area contributed by atoms with E-state index in [4.69, 9.17) is 4.74 Å². The summed E-state index contributed by atoms with van der Waals surface area (Å²) in [7, 11) is 1.67. The van der Waals surface area contributed by atoms with Crippen LogP contribution < -0.4 is 15.8 Å². The van der Waals surface area contributed by atoms with Gasteiger partial charge in [-0.05, 0) is 19.9 Å². The van der Waals surface area contributed by atoms with Crippen LogP contribution in [0.2, 0.25) is 0 Å². The number of rotatable bonds is 6. The lowest BCUT2D eigenvalue weighted by Crippen LogP contribution is -2.57. The molecule has 1 atom stereocenters. The van der Waals surface area contributed by atoms with Gasteiger partial charge in [-0.3, -0.25) is 14.3 Å². The highest BCUT2D eigenvalue weighted by Gasteiger charge is 2.30. The predicted molar refractivity (Wildman–Crippen MR) is 131 cm³/mol. The molecule has 0 radical (unpaired) electrons. The maximum Gasteiger partial charge on any atom is 0.275 e. The minimum atomic E-state index is -2.91. The second kappa shape index (κ2) is 9.70. The second-order valence-electron chi connectivity index (χ2n) is 9.38. The number of fused-ring (bicyclic) bond motifs is 1. The summed E-state index contributed by atoms with van der Waals surface area (Å²) in [5.41, 5.74) is 0.303. The van der Waals surface area contributed by atoms with E-state index >= 15 is 0 Å². The SMILES string of the molecule is Cc1nc(N[C@H](C)c2cccc(C(F)F)c2F)c2cc(N3CCN(C4COC4)CC3)c(=O)n(C)c2n1. The van der Waals surface area contributed by atoms with Gasteiger partial charge in [0.2, 0.25) is 0 Å². The Hall–Kier alpha value is -3.18. The molecule has 3 aromatic rings. The quantitative estimate of drug-likeness (QED) is 0.554. The van der Waals surface area contributed by atoms with Crippen LogP contribution in [0.3, 0.4) is 0 Å².